The first-order valence-corrected chi connectivity index (χ1v) is 12.6. The van der Waals surface area contributed by atoms with E-state index in [0.29, 0.717) is 6.61 Å². The van der Waals surface area contributed by atoms with E-state index < -0.39 is 8.32 Å². The van der Waals surface area contributed by atoms with Crippen molar-refractivity contribution in [2.45, 2.75) is 109 Å². The second-order valence-corrected chi connectivity index (χ2v) is 13.5. The molecule has 0 radical (unpaired) electrons. The Morgan fingerprint density at radius 1 is 1.17 bits per heavy atom. The molecule has 1 aliphatic rings. The minimum atomic E-state index is -1.78. The molecule has 0 aromatic carbocycles. The third-order valence-electron chi connectivity index (χ3n) is 5.30. The fourth-order valence-corrected chi connectivity index (χ4v) is 4.09. The van der Waals surface area contributed by atoms with Gasteiger partial charge in [-0.25, -0.2) is 0 Å². The number of aliphatic hydroxyl groups excluding tert-OH is 1. The molecule has 0 aromatic heterocycles. The molecule has 1 unspecified atom stereocenters. The lowest BCUT2D eigenvalue weighted by Gasteiger charge is -2.39. The second kappa shape index (κ2) is 10.3. The zero-order valence-electron chi connectivity index (χ0n) is 16.8. The van der Waals surface area contributed by atoms with Crippen LogP contribution in [0.2, 0.25) is 18.1 Å². The van der Waals surface area contributed by atoms with Crippen molar-refractivity contribution in [3.63, 3.8) is 0 Å². The number of aliphatic hydroxyl groups is 1. The SMILES string of the molecule is C[C@@H](O)CCC[C@@H](CCOC1CCCCO1)O[Si](C)(C)C(C)(C)C. The summed E-state index contributed by atoms with van der Waals surface area (Å²) in [5.41, 5.74) is 0. The summed E-state index contributed by atoms with van der Waals surface area (Å²) in [6.07, 6.45) is 7.05. The number of rotatable bonds is 10. The molecule has 0 spiro atoms. The van der Waals surface area contributed by atoms with Crippen LogP contribution < -0.4 is 0 Å². The van der Waals surface area contributed by atoms with Gasteiger partial charge in [0, 0.05) is 12.7 Å². The maximum absolute atomic E-state index is 9.50. The molecule has 24 heavy (non-hydrogen) atoms. The van der Waals surface area contributed by atoms with E-state index in [2.05, 4.69) is 33.9 Å². The van der Waals surface area contributed by atoms with Crippen molar-refractivity contribution in [2.75, 3.05) is 13.2 Å². The van der Waals surface area contributed by atoms with E-state index in [1.165, 1.54) is 6.42 Å². The molecule has 1 heterocycles. The van der Waals surface area contributed by atoms with Gasteiger partial charge in [0.15, 0.2) is 14.6 Å². The van der Waals surface area contributed by atoms with E-state index in [4.69, 9.17) is 13.9 Å². The zero-order valence-corrected chi connectivity index (χ0v) is 17.8. The van der Waals surface area contributed by atoms with Crippen LogP contribution in [0, 0.1) is 0 Å². The normalized spacial score (nSPS) is 22.4. The van der Waals surface area contributed by atoms with Gasteiger partial charge in [0.05, 0.1) is 12.7 Å². The predicted molar refractivity (Wildman–Crippen MR) is 102 cm³/mol. The van der Waals surface area contributed by atoms with Crippen LogP contribution in [0.25, 0.3) is 0 Å². The highest BCUT2D eigenvalue weighted by Gasteiger charge is 2.39. The number of ether oxygens (including phenoxy) is 2. The van der Waals surface area contributed by atoms with Crippen molar-refractivity contribution in [3.8, 4) is 0 Å². The standard InChI is InChI=1S/C19H40O4Si/c1-16(20)10-9-11-17(23-24(5,6)19(2,3)4)13-15-22-18-12-7-8-14-21-18/h16-18,20H,7-15H2,1-6H3/t16-,17+,18?/m1/s1. The van der Waals surface area contributed by atoms with Gasteiger partial charge in [0.2, 0.25) is 0 Å². The Bertz CT molecular complexity index is 333. The largest absolute Gasteiger partial charge is 0.414 e. The van der Waals surface area contributed by atoms with Crippen molar-refractivity contribution in [3.05, 3.63) is 0 Å². The molecule has 3 atom stereocenters. The van der Waals surface area contributed by atoms with E-state index in [9.17, 15) is 5.11 Å². The molecular formula is C19H40O4Si. The van der Waals surface area contributed by atoms with Gasteiger partial charge in [0.25, 0.3) is 0 Å². The Balaban J connectivity index is 2.47. The van der Waals surface area contributed by atoms with Crippen LogP contribution in [0.4, 0.5) is 0 Å². The molecule has 0 bridgehead atoms. The van der Waals surface area contributed by atoms with Crippen LogP contribution in [0.1, 0.15) is 72.6 Å². The average molecular weight is 361 g/mol. The van der Waals surface area contributed by atoms with Crippen molar-refractivity contribution in [1.82, 2.24) is 0 Å². The Morgan fingerprint density at radius 2 is 1.88 bits per heavy atom. The van der Waals surface area contributed by atoms with Gasteiger partial charge in [-0.15, -0.1) is 0 Å². The van der Waals surface area contributed by atoms with Gasteiger partial charge in [-0.05, 0) is 70.0 Å². The molecule has 1 fully saturated rings. The van der Waals surface area contributed by atoms with E-state index in [0.717, 1.165) is 45.1 Å². The Labute approximate surface area is 150 Å². The first-order chi connectivity index (χ1) is 11.1. The quantitative estimate of drug-likeness (QED) is 0.565. The van der Waals surface area contributed by atoms with E-state index in [1.807, 2.05) is 6.92 Å². The first-order valence-electron chi connectivity index (χ1n) is 9.71. The summed E-state index contributed by atoms with van der Waals surface area (Å²) >= 11 is 0. The molecular weight excluding hydrogens is 320 g/mol. The second-order valence-electron chi connectivity index (χ2n) is 8.74. The molecule has 0 aliphatic carbocycles. The van der Waals surface area contributed by atoms with Crippen LogP contribution >= 0.6 is 0 Å². The van der Waals surface area contributed by atoms with Crippen LogP contribution in [-0.4, -0.2) is 45.1 Å². The van der Waals surface area contributed by atoms with Gasteiger partial charge < -0.3 is 19.0 Å². The molecule has 0 aromatic rings. The van der Waals surface area contributed by atoms with Crippen LogP contribution in [0.3, 0.4) is 0 Å². The summed E-state index contributed by atoms with van der Waals surface area (Å²) in [5, 5.41) is 9.71. The first kappa shape index (κ1) is 22.1. The lowest BCUT2D eigenvalue weighted by atomic mass is 10.1. The molecule has 1 rings (SSSR count). The zero-order chi connectivity index (χ0) is 18.2. The van der Waals surface area contributed by atoms with Gasteiger partial charge in [-0.2, -0.15) is 0 Å². The highest BCUT2D eigenvalue weighted by atomic mass is 28.4. The summed E-state index contributed by atoms with van der Waals surface area (Å²) in [5.74, 6) is 0. The Hall–Kier alpha value is 0.0569. The topological polar surface area (TPSA) is 47.9 Å². The lowest BCUT2D eigenvalue weighted by molar-refractivity contribution is -0.165. The minimum Gasteiger partial charge on any atom is -0.414 e. The van der Waals surface area contributed by atoms with Crippen LogP contribution in [0.15, 0.2) is 0 Å². The molecule has 0 saturated carbocycles. The van der Waals surface area contributed by atoms with Gasteiger partial charge in [-0.1, -0.05) is 20.8 Å². The average Bonchev–Trinajstić information content (AvgIpc) is 2.46. The van der Waals surface area contributed by atoms with Crippen molar-refractivity contribution < 1.29 is 19.0 Å². The third kappa shape index (κ3) is 8.43. The summed E-state index contributed by atoms with van der Waals surface area (Å²) in [6, 6.07) is 0. The van der Waals surface area contributed by atoms with Gasteiger partial charge >= 0.3 is 0 Å². The highest BCUT2D eigenvalue weighted by Crippen LogP contribution is 2.38. The van der Waals surface area contributed by atoms with Crippen LogP contribution in [0.5, 0.6) is 0 Å². The van der Waals surface area contributed by atoms with Gasteiger partial charge in [-0.3, -0.25) is 0 Å². The number of hydrogen-bond acceptors (Lipinski definition) is 4. The Morgan fingerprint density at radius 3 is 2.42 bits per heavy atom. The number of hydrogen-bond donors (Lipinski definition) is 1. The van der Waals surface area contributed by atoms with Gasteiger partial charge in [0.1, 0.15) is 0 Å². The van der Waals surface area contributed by atoms with Crippen molar-refractivity contribution in [2.24, 2.45) is 0 Å². The van der Waals surface area contributed by atoms with Crippen LogP contribution in [-0.2, 0) is 13.9 Å². The summed E-state index contributed by atoms with van der Waals surface area (Å²) in [7, 11) is -1.78. The van der Waals surface area contributed by atoms with E-state index in [1.54, 1.807) is 0 Å². The Kier molecular flexibility index (Phi) is 9.45. The molecule has 1 N–H and O–H groups in total. The molecule has 1 saturated heterocycles. The molecule has 4 nitrogen and oxygen atoms in total. The smallest absolute Gasteiger partial charge is 0.192 e. The molecule has 1 aliphatic heterocycles. The maximum atomic E-state index is 9.50. The van der Waals surface area contributed by atoms with E-state index >= 15 is 0 Å². The fourth-order valence-electron chi connectivity index (χ4n) is 2.67. The third-order valence-corrected chi connectivity index (χ3v) is 9.83. The van der Waals surface area contributed by atoms with Crippen molar-refractivity contribution in [1.29, 1.82) is 0 Å². The fraction of sp³-hybridized carbons (Fsp3) is 1.00. The summed E-state index contributed by atoms with van der Waals surface area (Å²) < 4.78 is 18.2. The summed E-state index contributed by atoms with van der Waals surface area (Å²) in [4.78, 5) is 0. The maximum Gasteiger partial charge on any atom is 0.192 e. The predicted octanol–water partition coefficient (Wildman–Crippen LogP) is 4.86. The highest BCUT2D eigenvalue weighted by molar-refractivity contribution is 6.74. The molecule has 5 heteroatoms. The monoisotopic (exact) mass is 360 g/mol. The minimum absolute atomic E-state index is 0.0234. The molecule has 0 amide bonds. The van der Waals surface area contributed by atoms with E-state index in [-0.39, 0.29) is 23.5 Å². The summed E-state index contributed by atoms with van der Waals surface area (Å²) in [6.45, 7) is 14.8. The van der Waals surface area contributed by atoms with Crippen molar-refractivity contribution >= 4 is 8.32 Å². The molecule has 144 valence electrons. The lowest BCUT2D eigenvalue weighted by Crippen LogP contribution is -2.44.